The fourth-order valence-corrected chi connectivity index (χ4v) is 4.94. The molecule has 0 radical (unpaired) electrons. The van der Waals surface area contributed by atoms with E-state index in [2.05, 4.69) is 0 Å². The number of ketones is 2. The second kappa shape index (κ2) is 6.85. The van der Waals surface area contributed by atoms with Gasteiger partial charge in [0, 0.05) is 17.2 Å². The molecule has 3 aromatic rings. The van der Waals surface area contributed by atoms with Crippen molar-refractivity contribution in [1.82, 2.24) is 9.88 Å². The van der Waals surface area contributed by atoms with Gasteiger partial charge in [0.2, 0.25) is 0 Å². The third-order valence-corrected chi connectivity index (χ3v) is 6.59. The topological polar surface area (TPSA) is 223 Å². The number of carbonyl (C=O) groups excluding carboxylic acids is 4. The molecular weight excluding hydrogens is 486 g/mol. The van der Waals surface area contributed by atoms with Crippen LogP contribution in [-0.2, 0) is 10.1 Å². The van der Waals surface area contributed by atoms with Crippen molar-refractivity contribution in [3.8, 4) is 17.2 Å². The Morgan fingerprint density at radius 1 is 0.800 bits per heavy atom. The first-order valence-corrected chi connectivity index (χ1v) is 11.0. The SMILES string of the molecule is Nc1c2c(cc(=O)n1-c1c(O)c(S(=O)(=O)O)c(O)c3c1C(=O)c1ccccc1C3=O)C(=O)NC2=O. The molecule has 0 unspecified atom stereocenters. The lowest BCUT2D eigenvalue weighted by atomic mass is 9.82. The summed E-state index contributed by atoms with van der Waals surface area (Å²) >= 11 is 0. The van der Waals surface area contributed by atoms with Gasteiger partial charge in [-0.3, -0.25) is 38.4 Å². The fraction of sp³-hybridized carbons (Fsp3) is 0. The van der Waals surface area contributed by atoms with Crippen LogP contribution < -0.4 is 16.6 Å². The summed E-state index contributed by atoms with van der Waals surface area (Å²) in [6.07, 6.45) is 0. The number of fused-ring (bicyclic) bond motifs is 3. The van der Waals surface area contributed by atoms with Crippen LogP contribution in [0.2, 0.25) is 0 Å². The minimum absolute atomic E-state index is 0.203. The van der Waals surface area contributed by atoms with E-state index in [0.29, 0.717) is 10.6 Å². The van der Waals surface area contributed by atoms with Gasteiger partial charge in [-0.1, -0.05) is 24.3 Å². The summed E-state index contributed by atoms with van der Waals surface area (Å²) < 4.78 is 34.1. The van der Waals surface area contributed by atoms with E-state index in [0.717, 1.165) is 0 Å². The average Bonchev–Trinajstić information content (AvgIpc) is 3.05. The molecule has 0 atom stereocenters. The molecule has 13 nitrogen and oxygen atoms in total. The van der Waals surface area contributed by atoms with Crippen molar-refractivity contribution in [2.24, 2.45) is 0 Å². The van der Waals surface area contributed by atoms with Crippen molar-refractivity contribution in [3.05, 3.63) is 74.1 Å². The molecule has 0 fully saturated rings. The Morgan fingerprint density at radius 3 is 1.94 bits per heavy atom. The third kappa shape index (κ3) is 2.77. The van der Waals surface area contributed by atoms with Gasteiger partial charge in [-0.25, -0.2) is 0 Å². The number of rotatable bonds is 2. The summed E-state index contributed by atoms with van der Waals surface area (Å²) in [5.74, 6) is -7.74. The number of amides is 2. The summed E-state index contributed by atoms with van der Waals surface area (Å²) in [6.45, 7) is 0. The Labute approximate surface area is 193 Å². The molecular formula is C21H11N3O10S. The maximum atomic E-state index is 13.4. The largest absolute Gasteiger partial charge is 0.506 e. The number of pyridine rings is 1. The molecule has 35 heavy (non-hydrogen) atoms. The number of nitrogens with zero attached hydrogens (tertiary/aromatic N) is 1. The van der Waals surface area contributed by atoms with Crippen LogP contribution in [0.25, 0.3) is 5.69 Å². The average molecular weight is 497 g/mol. The van der Waals surface area contributed by atoms with Crippen molar-refractivity contribution in [2.45, 2.75) is 4.90 Å². The Balaban J connectivity index is 2.02. The van der Waals surface area contributed by atoms with E-state index < -0.39 is 89.2 Å². The number of nitrogen functional groups attached to an aromatic ring is 1. The zero-order valence-corrected chi connectivity index (χ0v) is 17.8. The number of nitrogens with two attached hydrogens (primary N) is 1. The molecule has 2 aromatic carbocycles. The van der Waals surface area contributed by atoms with Crippen LogP contribution >= 0.6 is 0 Å². The summed E-state index contributed by atoms with van der Waals surface area (Å²) in [6, 6.07) is 5.93. The van der Waals surface area contributed by atoms with E-state index in [1.54, 1.807) is 0 Å². The minimum Gasteiger partial charge on any atom is -0.506 e. The van der Waals surface area contributed by atoms with Crippen molar-refractivity contribution in [3.63, 3.8) is 0 Å². The highest BCUT2D eigenvalue weighted by molar-refractivity contribution is 7.86. The smallest absolute Gasteiger partial charge is 0.302 e. The lowest BCUT2D eigenvalue weighted by molar-refractivity contribution is 0.0878. The highest BCUT2D eigenvalue weighted by Gasteiger charge is 2.42. The van der Waals surface area contributed by atoms with Crippen LogP contribution in [0.4, 0.5) is 5.82 Å². The molecule has 1 aliphatic heterocycles. The number of phenols is 2. The van der Waals surface area contributed by atoms with Crippen LogP contribution in [-0.4, -0.2) is 51.1 Å². The summed E-state index contributed by atoms with van der Waals surface area (Å²) in [4.78, 5) is 62.2. The molecule has 14 heteroatoms. The van der Waals surface area contributed by atoms with E-state index in [1.165, 1.54) is 24.3 Å². The van der Waals surface area contributed by atoms with Gasteiger partial charge in [0.15, 0.2) is 28.0 Å². The Hall–Kier alpha value is -4.82. The Morgan fingerprint density at radius 2 is 1.37 bits per heavy atom. The van der Waals surface area contributed by atoms with E-state index in [4.69, 9.17) is 5.73 Å². The number of aromatic hydroxyl groups is 2. The lowest BCUT2D eigenvalue weighted by Crippen LogP contribution is -2.29. The van der Waals surface area contributed by atoms with Gasteiger partial charge in [-0.2, -0.15) is 8.42 Å². The van der Waals surface area contributed by atoms with Gasteiger partial charge >= 0.3 is 10.1 Å². The first kappa shape index (κ1) is 22.0. The molecule has 1 aliphatic carbocycles. The summed E-state index contributed by atoms with van der Waals surface area (Å²) in [7, 11) is -5.46. The predicted molar refractivity (Wildman–Crippen MR) is 115 cm³/mol. The highest BCUT2D eigenvalue weighted by Crippen LogP contribution is 2.47. The molecule has 0 saturated carbocycles. The molecule has 5 rings (SSSR count). The number of aromatic nitrogens is 1. The number of anilines is 1. The normalized spacial score (nSPS) is 14.4. The molecule has 6 N–H and O–H groups in total. The fourth-order valence-electron chi connectivity index (χ4n) is 4.25. The number of hydrogen-bond donors (Lipinski definition) is 5. The van der Waals surface area contributed by atoms with Gasteiger partial charge in [-0.15, -0.1) is 0 Å². The summed E-state index contributed by atoms with van der Waals surface area (Å²) in [5.41, 5.74) is 0.677. The number of benzene rings is 2. The number of nitrogens with one attached hydrogen (secondary N) is 1. The molecule has 0 saturated heterocycles. The van der Waals surface area contributed by atoms with Gasteiger partial charge < -0.3 is 15.9 Å². The van der Waals surface area contributed by atoms with Crippen molar-refractivity contribution in [2.75, 3.05) is 5.73 Å². The second-order valence-corrected chi connectivity index (χ2v) is 8.94. The summed E-state index contributed by atoms with van der Waals surface area (Å²) in [5, 5.41) is 23.4. The van der Waals surface area contributed by atoms with Crippen LogP contribution in [0.15, 0.2) is 40.0 Å². The van der Waals surface area contributed by atoms with E-state index in [-0.39, 0.29) is 11.1 Å². The predicted octanol–water partition coefficient (Wildman–Crippen LogP) is -0.263. The zero-order chi connectivity index (χ0) is 25.6. The molecule has 2 heterocycles. The molecule has 0 spiro atoms. The van der Waals surface area contributed by atoms with Gasteiger partial charge in [0.05, 0.1) is 22.3 Å². The van der Waals surface area contributed by atoms with Crippen molar-refractivity contribution >= 4 is 39.3 Å². The quantitative estimate of drug-likeness (QED) is 0.179. The first-order valence-electron chi connectivity index (χ1n) is 9.55. The first-order chi connectivity index (χ1) is 16.4. The van der Waals surface area contributed by atoms with Crippen LogP contribution in [0.1, 0.15) is 52.6 Å². The van der Waals surface area contributed by atoms with Crippen LogP contribution in [0.3, 0.4) is 0 Å². The standard InChI is InChI=1S/C21H11N3O10S/c22-19-10-8(20(30)23-21(10)31)5-9(25)24(19)13-11-12(16(28)18(17(13)29)35(32,33)34)15(27)7-4-2-1-3-6(7)14(11)26/h1-5,28-29H,22H2,(H,23,30,31)(H,32,33,34). The maximum Gasteiger partial charge on any atom is 0.302 e. The second-order valence-electron chi connectivity index (χ2n) is 7.58. The Kier molecular flexibility index (Phi) is 4.30. The monoisotopic (exact) mass is 497 g/mol. The van der Waals surface area contributed by atoms with E-state index in [9.17, 15) is 47.2 Å². The number of imide groups is 1. The lowest BCUT2D eigenvalue weighted by Gasteiger charge is -2.25. The number of carbonyl (C=O) groups is 4. The number of phenolic OH excluding ortho intramolecular Hbond substituents is 2. The third-order valence-electron chi connectivity index (χ3n) is 5.68. The van der Waals surface area contributed by atoms with Gasteiger partial charge in [0.25, 0.3) is 17.4 Å². The van der Waals surface area contributed by atoms with Crippen molar-refractivity contribution in [1.29, 1.82) is 0 Å². The minimum atomic E-state index is -5.46. The zero-order valence-electron chi connectivity index (χ0n) is 17.0. The molecule has 2 amide bonds. The van der Waals surface area contributed by atoms with Crippen molar-refractivity contribution < 1.29 is 42.4 Å². The van der Waals surface area contributed by atoms with Crippen LogP contribution in [0.5, 0.6) is 11.5 Å². The molecule has 0 bridgehead atoms. The van der Waals surface area contributed by atoms with Gasteiger partial charge in [0.1, 0.15) is 11.5 Å². The van der Waals surface area contributed by atoms with E-state index >= 15 is 0 Å². The van der Waals surface area contributed by atoms with Gasteiger partial charge in [-0.05, 0) is 0 Å². The van der Waals surface area contributed by atoms with Crippen LogP contribution in [0, 0.1) is 0 Å². The van der Waals surface area contributed by atoms with E-state index in [1.807, 2.05) is 5.32 Å². The molecule has 1 aromatic heterocycles. The molecule has 176 valence electrons. The highest BCUT2D eigenvalue weighted by atomic mass is 32.2. The maximum absolute atomic E-state index is 13.4. The number of hydrogen-bond acceptors (Lipinski definition) is 10. The molecule has 2 aliphatic rings. The Bertz CT molecular complexity index is 1770.